The van der Waals surface area contributed by atoms with Gasteiger partial charge in [0, 0.05) is 30.7 Å². The number of nitriles is 1. The van der Waals surface area contributed by atoms with Crippen LogP contribution >= 0.6 is 0 Å². The van der Waals surface area contributed by atoms with E-state index < -0.39 is 23.8 Å². The van der Waals surface area contributed by atoms with Crippen molar-refractivity contribution in [1.82, 2.24) is 23.7 Å². The molecule has 1 fully saturated rings. The molecule has 0 radical (unpaired) electrons. The summed E-state index contributed by atoms with van der Waals surface area (Å²) in [5.41, 5.74) is 6.23. The number of aromatic nitrogens is 5. The molecule has 0 amide bonds. The number of nitrogens with zero attached hydrogens (tertiary/aromatic N) is 7. The zero-order valence-corrected chi connectivity index (χ0v) is 22.3. The average molecular weight is 541 g/mol. The number of nitrogens with two attached hydrogens (primary N) is 1. The van der Waals surface area contributed by atoms with E-state index in [0.717, 1.165) is 27.4 Å². The summed E-state index contributed by atoms with van der Waals surface area (Å²) < 4.78 is 8.66. The first kappa shape index (κ1) is 26.7. The number of hydrogen-bond donors (Lipinski definition) is 1. The Bertz CT molecular complexity index is 1850. The first-order valence-corrected chi connectivity index (χ1v) is 12.9. The van der Waals surface area contributed by atoms with E-state index in [4.69, 9.17) is 15.5 Å². The van der Waals surface area contributed by atoms with Crippen molar-refractivity contribution in [1.29, 1.82) is 5.26 Å². The van der Waals surface area contributed by atoms with Crippen molar-refractivity contribution in [3.8, 4) is 17.9 Å². The van der Waals surface area contributed by atoms with Gasteiger partial charge in [0.1, 0.15) is 12.6 Å². The summed E-state index contributed by atoms with van der Waals surface area (Å²) in [6.45, 7) is 2.36. The smallest absolute Gasteiger partial charge is 0.333 e. The molecule has 2 N–H and O–H groups in total. The van der Waals surface area contributed by atoms with Crippen LogP contribution in [-0.2, 0) is 29.2 Å². The molecule has 0 spiro atoms. The fraction of sp³-hybridized carbons (Fsp3) is 0.357. The summed E-state index contributed by atoms with van der Waals surface area (Å²) in [5.74, 6) is 5.61. The molecule has 12 heteroatoms. The van der Waals surface area contributed by atoms with E-state index >= 15 is 0 Å². The summed E-state index contributed by atoms with van der Waals surface area (Å²) in [4.78, 5) is 51.2. The monoisotopic (exact) mass is 540 g/mol. The molecule has 40 heavy (non-hydrogen) atoms. The maximum absolute atomic E-state index is 14.1. The highest BCUT2D eigenvalue weighted by Gasteiger charge is 2.28. The number of rotatable bonds is 6. The highest BCUT2D eigenvalue weighted by molar-refractivity contribution is 5.85. The van der Waals surface area contributed by atoms with Crippen LogP contribution in [0.15, 0.2) is 40.1 Å². The number of carbonyl (C=O) groups excluding carboxylic acids is 1. The lowest BCUT2D eigenvalue weighted by molar-refractivity contribution is -0.141. The highest BCUT2D eigenvalue weighted by atomic mass is 16.5. The van der Waals surface area contributed by atoms with Gasteiger partial charge in [0.05, 0.1) is 31.3 Å². The van der Waals surface area contributed by atoms with Gasteiger partial charge in [-0.15, -0.1) is 5.92 Å². The Labute approximate surface area is 229 Å². The molecule has 1 aromatic carbocycles. The van der Waals surface area contributed by atoms with Gasteiger partial charge in [0.25, 0.3) is 5.56 Å². The van der Waals surface area contributed by atoms with E-state index in [1.807, 2.05) is 11.0 Å². The average Bonchev–Trinajstić information content (AvgIpc) is 3.35. The van der Waals surface area contributed by atoms with Crippen molar-refractivity contribution in [2.45, 2.75) is 45.4 Å². The molecule has 1 unspecified atom stereocenters. The highest BCUT2D eigenvalue weighted by Crippen LogP contribution is 2.24. The van der Waals surface area contributed by atoms with Crippen molar-refractivity contribution in [2.24, 2.45) is 5.73 Å². The Morgan fingerprint density at radius 1 is 1.23 bits per heavy atom. The van der Waals surface area contributed by atoms with Crippen molar-refractivity contribution >= 4 is 34.0 Å². The van der Waals surface area contributed by atoms with Crippen LogP contribution in [0.5, 0.6) is 0 Å². The predicted octanol–water partition coefficient (Wildman–Crippen LogP) is 0.952. The number of benzene rings is 1. The molecule has 4 aromatic rings. The number of piperidine rings is 1. The SMILES string of the molecule is CC#CCn1c(N2CCCC(N)C2)nc2c1c(=O)n(Cc1ccc3cccnc3c1C#N)c(=O)n2CC(=O)OC. The molecular weight excluding hydrogens is 512 g/mol. The van der Waals surface area contributed by atoms with Crippen molar-refractivity contribution in [3.63, 3.8) is 0 Å². The van der Waals surface area contributed by atoms with Crippen LogP contribution in [0.3, 0.4) is 0 Å². The first-order valence-electron chi connectivity index (χ1n) is 12.9. The van der Waals surface area contributed by atoms with Crippen LogP contribution < -0.4 is 21.9 Å². The summed E-state index contributed by atoms with van der Waals surface area (Å²) in [5, 5.41) is 10.7. The minimum absolute atomic E-state index is 0.0596. The number of carbonyl (C=O) groups is 1. The van der Waals surface area contributed by atoms with Gasteiger partial charge in [0.15, 0.2) is 11.2 Å². The molecular formula is C28H28N8O4. The quantitative estimate of drug-likeness (QED) is 0.278. The Hall–Kier alpha value is -4.94. The molecule has 1 aliphatic heterocycles. The van der Waals surface area contributed by atoms with Gasteiger partial charge >= 0.3 is 11.7 Å². The largest absolute Gasteiger partial charge is 0.468 e. The standard InChI is InChI=1S/C28H28N8O4/c1-3-4-13-34-24-25(32-27(34)33-12-6-8-20(30)16-33)35(17-22(37)40-2)28(39)36(26(24)38)15-19-10-9-18-7-5-11-31-23(18)21(19)14-29/h5,7,9-11,20H,6,8,12-13,15-17,30H2,1-2H3. The maximum Gasteiger partial charge on any atom is 0.333 e. The number of hydrogen-bond acceptors (Lipinski definition) is 9. The lowest BCUT2D eigenvalue weighted by Gasteiger charge is -2.31. The van der Waals surface area contributed by atoms with Gasteiger partial charge in [0.2, 0.25) is 5.95 Å². The van der Waals surface area contributed by atoms with Gasteiger partial charge in [-0.25, -0.2) is 4.79 Å². The van der Waals surface area contributed by atoms with E-state index in [1.54, 1.807) is 35.9 Å². The van der Waals surface area contributed by atoms with Crippen LogP contribution in [0, 0.1) is 23.2 Å². The van der Waals surface area contributed by atoms with Crippen LogP contribution in [0.1, 0.15) is 30.9 Å². The summed E-state index contributed by atoms with van der Waals surface area (Å²) in [6.07, 6.45) is 3.29. The van der Waals surface area contributed by atoms with Crippen LogP contribution in [-0.4, -0.2) is 55.9 Å². The molecule has 5 rings (SSSR count). The Morgan fingerprint density at radius 2 is 2.05 bits per heavy atom. The minimum atomic E-state index is -0.749. The molecule has 1 atom stereocenters. The lowest BCUT2D eigenvalue weighted by Crippen LogP contribution is -2.44. The third-order valence-corrected chi connectivity index (χ3v) is 7.06. The molecule has 0 saturated carbocycles. The van der Waals surface area contributed by atoms with E-state index in [-0.39, 0.29) is 35.9 Å². The van der Waals surface area contributed by atoms with Gasteiger partial charge in [-0.05, 0) is 31.4 Å². The normalized spacial score (nSPS) is 15.1. The lowest BCUT2D eigenvalue weighted by atomic mass is 10.0. The van der Waals surface area contributed by atoms with E-state index in [0.29, 0.717) is 30.1 Å². The molecule has 12 nitrogen and oxygen atoms in total. The molecule has 1 saturated heterocycles. The maximum atomic E-state index is 14.1. The van der Waals surface area contributed by atoms with Crippen LogP contribution in [0.4, 0.5) is 5.95 Å². The number of esters is 1. The van der Waals surface area contributed by atoms with Crippen molar-refractivity contribution < 1.29 is 9.53 Å². The fourth-order valence-electron chi connectivity index (χ4n) is 5.11. The van der Waals surface area contributed by atoms with Gasteiger partial charge in [-0.1, -0.05) is 24.1 Å². The topological polar surface area (TPSA) is 154 Å². The van der Waals surface area contributed by atoms with E-state index in [2.05, 4.69) is 22.9 Å². The van der Waals surface area contributed by atoms with Crippen molar-refractivity contribution in [3.05, 3.63) is 62.4 Å². The molecule has 0 bridgehead atoms. The molecule has 0 aliphatic carbocycles. The molecule has 3 aromatic heterocycles. The number of pyridine rings is 1. The number of imidazole rings is 1. The minimum Gasteiger partial charge on any atom is -0.468 e. The zero-order valence-electron chi connectivity index (χ0n) is 22.3. The van der Waals surface area contributed by atoms with Crippen LogP contribution in [0.25, 0.3) is 22.1 Å². The fourth-order valence-corrected chi connectivity index (χ4v) is 5.11. The molecule has 204 valence electrons. The van der Waals surface area contributed by atoms with Crippen molar-refractivity contribution in [2.75, 3.05) is 25.1 Å². The second kappa shape index (κ2) is 11.0. The Kier molecular flexibility index (Phi) is 7.36. The van der Waals surface area contributed by atoms with Gasteiger partial charge in [-0.2, -0.15) is 10.2 Å². The summed E-state index contributed by atoms with van der Waals surface area (Å²) in [7, 11) is 1.22. The predicted molar refractivity (Wildman–Crippen MR) is 149 cm³/mol. The third-order valence-electron chi connectivity index (χ3n) is 7.06. The Morgan fingerprint density at radius 3 is 2.77 bits per heavy atom. The number of ether oxygens (including phenoxy) is 1. The van der Waals surface area contributed by atoms with E-state index in [1.165, 1.54) is 7.11 Å². The number of fused-ring (bicyclic) bond motifs is 2. The second-order valence-electron chi connectivity index (χ2n) is 9.57. The summed E-state index contributed by atoms with van der Waals surface area (Å²) >= 11 is 0. The first-order chi connectivity index (χ1) is 19.4. The molecule has 1 aliphatic rings. The van der Waals surface area contributed by atoms with E-state index in [9.17, 15) is 19.6 Å². The molecule has 4 heterocycles. The Balaban J connectivity index is 1.78. The van der Waals surface area contributed by atoms with Crippen LogP contribution in [0.2, 0.25) is 0 Å². The second-order valence-corrected chi connectivity index (χ2v) is 9.57. The zero-order chi connectivity index (χ0) is 28.4. The van der Waals surface area contributed by atoms with Gasteiger partial charge in [-0.3, -0.25) is 28.3 Å². The third kappa shape index (κ3) is 4.70. The summed E-state index contributed by atoms with van der Waals surface area (Å²) in [6, 6.07) is 9.17. The van der Waals surface area contributed by atoms with Gasteiger partial charge < -0.3 is 15.4 Å². The number of methoxy groups -OCH3 is 1. The number of anilines is 1.